The maximum absolute atomic E-state index is 9.37. The number of aromatic hydroxyl groups is 1. The molecule has 1 fully saturated rings. The molecule has 1 atom stereocenters. The molecule has 0 spiro atoms. The van der Waals surface area contributed by atoms with E-state index < -0.39 is 0 Å². The predicted molar refractivity (Wildman–Crippen MR) is 60.4 cm³/mol. The van der Waals surface area contributed by atoms with Gasteiger partial charge in [-0.05, 0) is 53.0 Å². The number of phenols is 1. The van der Waals surface area contributed by atoms with Gasteiger partial charge in [-0.2, -0.15) is 0 Å². The number of nitrogens with one attached hydrogen (secondary N) is 1. The lowest BCUT2D eigenvalue weighted by Crippen LogP contribution is -2.26. The number of hydrogen-bond donors (Lipinski definition) is 2. The predicted octanol–water partition coefficient (Wildman–Crippen LogP) is 2.97. The first-order valence-electron chi connectivity index (χ1n) is 4.99. The van der Waals surface area contributed by atoms with Crippen LogP contribution in [0.2, 0.25) is 0 Å². The molecule has 0 aromatic heterocycles. The summed E-state index contributed by atoms with van der Waals surface area (Å²) in [7, 11) is 0. The van der Waals surface area contributed by atoms with Crippen molar-refractivity contribution in [1.29, 1.82) is 0 Å². The Balaban J connectivity index is 2.18. The minimum Gasteiger partial charge on any atom is -0.507 e. The maximum atomic E-state index is 9.37. The fourth-order valence-corrected chi connectivity index (χ4v) is 2.27. The van der Waals surface area contributed by atoms with Gasteiger partial charge >= 0.3 is 0 Å². The molecule has 2 rings (SSSR count). The van der Waals surface area contributed by atoms with Crippen LogP contribution in [0.4, 0.5) is 0 Å². The van der Waals surface area contributed by atoms with Gasteiger partial charge in [0.2, 0.25) is 0 Å². The van der Waals surface area contributed by atoms with Crippen molar-refractivity contribution in [3.8, 4) is 5.75 Å². The minimum atomic E-state index is 0.310. The highest BCUT2D eigenvalue weighted by molar-refractivity contribution is 9.10. The normalized spacial score (nSPS) is 22.2. The monoisotopic (exact) mass is 255 g/mol. The zero-order valence-electron chi connectivity index (χ0n) is 7.96. The smallest absolute Gasteiger partial charge is 0.129 e. The van der Waals surface area contributed by atoms with E-state index in [0.717, 1.165) is 11.0 Å². The van der Waals surface area contributed by atoms with Crippen molar-refractivity contribution in [1.82, 2.24) is 5.32 Å². The summed E-state index contributed by atoms with van der Waals surface area (Å²) in [5, 5.41) is 12.9. The molecule has 0 unspecified atom stereocenters. The van der Waals surface area contributed by atoms with Crippen molar-refractivity contribution in [3.05, 3.63) is 28.2 Å². The molecule has 1 aliphatic heterocycles. The summed E-state index contributed by atoms with van der Waals surface area (Å²) in [6.07, 6.45) is 3.75. The van der Waals surface area contributed by atoms with Crippen LogP contribution in [0, 0.1) is 0 Å². The lowest BCUT2D eigenvalue weighted by atomic mass is 9.98. The van der Waals surface area contributed by atoms with Crippen molar-refractivity contribution in [2.24, 2.45) is 0 Å². The Morgan fingerprint density at radius 2 is 2.21 bits per heavy atom. The molecule has 0 amide bonds. The van der Waals surface area contributed by atoms with E-state index in [1.165, 1.54) is 24.8 Å². The van der Waals surface area contributed by atoms with Crippen LogP contribution in [0.3, 0.4) is 0 Å². The Hall–Kier alpha value is -0.540. The number of piperidine rings is 1. The largest absolute Gasteiger partial charge is 0.507 e. The summed E-state index contributed by atoms with van der Waals surface area (Å²) in [4.78, 5) is 0. The first-order valence-corrected chi connectivity index (χ1v) is 5.78. The van der Waals surface area contributed by atoms with Crippen LogP contribution >= 0.6 is 15.9 Å². The maximum Gasteiger partial charge on any atom is 0.129 e. The molecule has 14 heavy (non-hydrogen) atoms. The molecule has 1 aromatic carbocycles. The summed E-state index contributed by atoms with van der Waals surface area (Å²) in [5.41, 5.74) is 1.26. The minimum absolute atomic E-state index is 0.310. The molecule has 1 aromatic rings. The number of hydrogen-bond acceptors (Lipinski definition) is 2. The molecule has 0 bridgehead atoms. The van der Waals surface area contributed by atoms with Gasteiger partial charge in [0.05, 0.1) is 4.47 Å². The van der Waals surface area contributed by atoms with Crippen LogP contribution in [0.1, 0.15) is 30.9 Å². The molecule has 0 saturated carbocycles. The summed E-state index contributed by atoms with van der Waals surface area (Å²) in [5.74, 6) is 0.310. The first kappa shape index (κ1) is 9.99. The van der Waals surface area contributed by atoms with Crippen molar-refractivity contribution >= 4 is 15.9 Å². The standard InChI is InChI=1S/C11H14BrNO/c12-9-7-8(4-5-11(9)14)10-3-1-2-6-13-10/h4-5,7,10,13-14H,1-3,6H2/t10-/m1/s1. The number of benzene rings is 1. The number of halogens is 1. The third-order valence-corrected chi connectivity index (χ3v) is 3.32. The van der Waals surface area contributed by atoms with Gasteiger partial charge < -0.3 is 10.4 Å². The van der Waals surface area contributed by atoms with E-state index in [4.69, 9.17) is 0 Å². The Morgan fingerprint density at radius 3 is 2.86 bits per heavy atom. The molecular weight excluding hydrogens is 242 g/mol. The van der Waals surface area contributed by atoms with Gasteiger partial charge in [-0.15, -0.1) is 0 Å². The highest BCUT2D eigenvalue weighted by Gasteiger charge is 2.15. The quantitative estimate of drug-likeness (QED) is 0.809. The fourth-order valence-electron chi connectivity index (χ4n) is 1.88. The number of phenolic OH excluding ortho intramolecular Hbond substituents is 1. The average molecular weight is 256 g/mol. The van der Waals surface area contributed by atoms with E-state index >= 15 is 0 Å². The van der Waals surface area contributed by atoms with Crippen molar-refractivity contribution in [2.75, 3.05) is 6.54 Å². The van der Waals surface area contributed by atoms with Crippen molar-refractivity contribution in [2.45, 2.75) is 25.3 Å². The molecule has 0 radical (unpaired) electrons. The second-order valence-corrected chi connectivity index (χ2v) is 4.57. The second-order valence-electron chi connectivity index (χ2n) is 3.71. The van der Waals surface area contributed by atoms with E-state index in [-0.39, 0.29) is 0 Å². The van der Waals surface area contributed by atoms with Crippen LogP contribution in [-0.4, -0.2) is 11.7 Å². The van der Waals surface area contributed by atoms with E-state index in [9.17, 15) is 5.11 Å². The molecule has 2 N–H and O–H groups in total. The van der Waals surface area contributed by atoms with Crippen LogP contribution < -0.4 is 5.32 Å². The SMILES string of the molecule is Oc1ccc([C@H]2CCCCN2)cc1Br. The van der Waals surface area contributed by atoms with Crippen molar-refractivity contribution < 1.29 is 5.11 Å². The van der Waals surface area contributed by atoms with Gasteiger partial charge in [0.1, 0.15) is 5.75 Å². The summed E-state index contributed by atoms with van der Waals surface area (Å²) < 4.78 is 0.780. The number of rotatable bonds is 1. The van der Waals surface area contributed by atoms with E-state index in [1.54, 1.807) is 6.07 Å². The van der Waals surface area contributed by atoms with Crippen LogP contribution in [0.25, 0.3) is 0 Å². The average Bonchev–Trinajstić information content (AvgIpc) is 2.23. The van der Waals surface area contributed by atoms with Crippen LogP contribution in [0.15, 0.2) is 22.7 Å². The lowest BCUT2D eigenvalue weighted by molar-refractivity contribution is 0.411. The molecule has 1 aliphatic rings. The lowest BCUT2D eigenvalue weighted by Gasteiger charge is -2.24. The third kappa shape index (κ3) is 2.10. The van der Waals surface area contributed by atoms with E-state index in [2.05, 4.69) is 21.2 Å². The van der Waals surface area contributed by atoms with Crippen LogP contribution in [-0.2, 0) is 0 Å². The molecule has 3 heteroatoms. The molecule has 2 nitrogen and oxygen atoms in total. The fraction of sp³-hybridized carbons (Fsp3) is 0.455. The zero-order valence-corrected chi connectivity index (χ0v) is 9.55. The third-order valence-electron chi connectivity index (χ3n) is 2.68. The Kier molecular flexibility index (Phi) is 3.08. The van der Waals surface area contributed by atoms with Gasteiger partial charge in [0.15, 0.2) is 0 Å². The topological polar surface area (TPSA) is 32.3 Å². The molecular formula is C11H14BrNO. The summed E-state index contributed by atoms with van der Waals surface area (Å²) in [6.45, 7) is 1.10. The summed E-state index contributed by atoms with van der Waals surface area (Å²) in [6, 6.07) is 6.19. The van der Waals surface area contributed by atoms with Gasteiger partial charge in [-0.1, -0.05) is 12.5 Å². The first-order chi connectivity index (χ1) is 6.77. The highest BCUT2D eigenvalue weighted by Crippen LogP contribution is 2.29. The Morgan fingerprint density at radius 1 is 1.36 bits per heavy atom. The van der Waals surface area contributed by atoms with E-state index in [0.29, 0.717) is 11.8 Å². The van der Waals surface area contributed by atoms with Gasteiger partial charge in [0.25, 0.3) is 0 Å². The van der Waals surface area contributed by atoms with Gasteiger partial charge in [-0.25, -0.2) is 0 Å². The van der Waals surface area contributed by atoms with Gasteiger partial charge in [0, 0.05) is 6.04 Å². The molecule has 76 valence electrons. The highest BCUT2D eigenvalue weighted by atomic mass is 79.9. The van der Waals surface area contributed by atoms with E-state index in [1.807, 2.05) is 12.1 Å². The molecule has 0 aliphatic carbocycles. The Bertz CT molecular complexity index is 321. The summed E-state index contributed by atoms with van der Waals surface area (Å²) >= 11 is 3.33. The molecule has 1 saturated heterocycles. The molecule has 1 heterocycles. The van der Waals surface area contributed by atoms with Crippen molar-refractivity contribution in [3.63, 3.8) is 0 Å². The van der Waals surface area contributed by atoms with Gasteiger partial charge in [-0.3, -0.25) is 0 Å². The Labute approximate surface area is 92.5 Å². The second kappa shape index (κ2) is 4.32. The zero-order chi connectivity index (χ0) is 9.97. The van der Waals surface area contributed by atoms with Crippen LogP contribution in [0.5, 0.6) is 5.75 Å².